The minimum absolute atomic E-state index is 0.194. The zero-order valence-electron chi connectivity index (χ0n) is 19.3. The van der Waals surface area contributed by atoms with Gasteiger partial charge in [0.05, 0.1) is 5.39 Å². The second-order valence-corrected chi connectivity index (χ2v) is 8.81. The molecule has 2 aromatic heterocycles. The summed E-state index contributed by atoms with van der Waals surface area (Å²) in [6.45, 7) is 5.54. The molecule has 34 heavy (non-hydrogen) atoms. The van der Waals surface area contributed by atoms with Crippen molar-refractivity contribution in [3.05, 3.63) is 66.1 Å². The van der Waals surface area contributed by atoms with Gasteiger partial charge in [-0.1, -0.05) is 36.4 Å². The van der Waals surface area contributed by atoms with Gasteiger partial charge in [-0.25, -0.2) is 0 Å². The highest BCUT2D eigenvalue weighted by Gasteiger charge is 2.20. The van der Waals surface area contributed by atoms with Gasteiger partial charge in [0.1, 0.15) is 24.0 Å². The zero-order valence-corrected chi connectivity index (χ0v) is 19.3. The van der Waals surface area contributed by atoms with Crippen molar-refractivity contribution in [2.24, 2.45) is 0 Å². The van der Waals surface area contributed by atoms with Gasteiger partial charge >= 0.3 is 0 Å². The van der Waals surface area contributed by atoms with E-state index < -0.39 is 6.10 Å². The number of benzene rings is 2. The first kappa shape index (κ1) is 22.6. The Kier molecular flexibility index (Phi) is 6.89. The van der Waals surface area contributed by atoms with Gasteiger partial charge in [0.15, 0.2) is 5.76 Å². The fraction of sp³-hybridized carbons (Fsp3) is 0.385. The van der Waals surface area contributed by atoms with Crippen LogP contribution in [0.5, 0.6) is 5.75 Å². The van der Waals surface area contributed by atoms with E-state index in [1.54, 1.807) is 6.92 Å². The average Bonchev–Trinajstić information content (AvgIpc) is 3.49. The molecule has 0 aliphatic carbocycles. The first-order valence-electron chi connectivity index (χ1n) is 11.8. The van der Waals surface area contributed by atoms with E-state index in [9.17, 15) is 5.11 Å². The molecule has 1 saturated heterocycles. The van der Waals surface area contributed by atoms with E-state index in [1.165, 1.54) is 5.56 Å². The zero-order chi connectivity index (χ0) is 23.3. The van der Waals surface area contributed by atoms with Gasteiger partial charge in [0, 0.05) is 32.1 Å². The number of aromatic nitrogens is 2. The van der Waals surface area contributed by atoms with E-state index in [-0.39, 0.29) is 6.61 Å². The Hall–Kier alpha value is -3.20. The summed E-state index contributed by atoms with van der Waals surface area (Å²) in [5, 5.41) is 22.7. The highest BCUT2D eigenvalue weighted by atomic mass is 16.5. The number of hydrogen-bond donors (Lipinski definition) is 2. The van der Waals surface area contributed by atoms with Gasteiger partial charge in [-0.2, -0.15) is 0 Å². The van der Waals surface area contributed by atoms with Gasteiger partial charge in [0.2, 0.25) is 5.89 Å². The summed E-state index contributed by atoms with van der Waals surface area (Å²) in [5.74, 6) is 1.95. The summed E-state index contributed by atoms with van der Waals surface area (Å²) in [5.41, 5.74) is 2.02. The Labute approximate surface area is 198 Å². The lowest BCUT2D eigenvalue weighted by Gasteiger charge is -2.33. The van der Waals surface area contributed by atoms with Crippen molar-refractivity contribution in [1.82, 2.24) is 20.4 Å². The van der Waals surface area contributed by atoms with Gasteiger partial charge < -0.3 is 24.0 Å². The van der Waals surface area contributed by atoms with Crippen LogP contribution in [0.25, 0.3) is 22.6 Å². The van der Waals surface area contributed by atoms with Crippen molar-refractivity contribution >= 4 is 11.0 Å². The number of fused-ring (bicyclic) bond motifs is 1. The van der Waals surface area contributed by atoms with Crippen LogP contribution in [0.2, 0.25) is 0 Å². The number of hydrogen-bond acceptors (Lipinski definition) is 8. The molecule has 1 unspecified atom stereocenters. The van der Waals surface area contributed by atoms with Crippen molar-refractivity contribution in [3.8, 4) is 17.4 Å². The fourth-order valence-electron chi connectivity index (χ4n) is 4.35. The van der Waals surface area contributed by atoms with E-state index in [4.69, 9.17) is 13.6 Å². The molecule has 2 N–H and O–H groups in total. The molecular weight excluding hydrogens is 432 g/mol. The van der Waals surface area contributed by atoms with Crippen LogP contribution in [0.3, 0.4) is 0 Å². The number of nitrogens with one attached hydrogen (secondary N) is 1. The minimum Gasteiger partial charge on any atom is -0.490 e. The van der Waals surface area contributed by atoms with Crippen LogP contribution < -0.4 is 10.1 Å². The maximum Gasteiger partial charge on any atom is 0.283 e. The molecule has 0 saturated carbocycles. The molecule has 4 aromatic rings. The maximum atomic E-state index is 10.5. The summed E-state index contributed by atoms with van der Waals surface area (Å²) in [4.78, 5) is 2.49. The lowest BCUT2D eigenvalue weighted by atomic mass is 10.0. The predicted molar refractivity (Wildman–Crippen MR) is 128 cm³/mol. The molecule has 1 aliphatic rings. The molecule has 1 fully saturated rings. The number of piperidine rings is 1. The third kappa shape index (κ3) is 5.47. The monoisotopic (exact) mass is 462 g/mol. The van der Waals surface area contributed by atoms with Crippen molar-refractivity contribution < 1.29 is 18.7 Å². The number of furan rings is 1. The molecule has 0 spiro atoms. The molecule has 8 heteroatoms. The topological polar surface area (TPSA) is 96.8 Å². The fourth-order valence-corrected chi connectivity index (χ4v) is 4.35. The molecule has 1 atom stereocenters. The first-order chi connectivity index (χ1) is 16.6. The normalized spacial score (nSPS) is 16.2. The summed E-state index contributed by atoms with van der Waals surface area (Å²) in [6, 6.07) is 18.4. The second kappa shape index (κ2) is 10.4. The average molecular weight is 463 g/mol. The molecule has 0 amide bonds. The van der Waals surface area contributed by atoms with Crippen LogP contribution in [0.15, 0.2) is 63.4 Å². The van der Waals surface area contributed by atoms with E-state index in [0.717, 1.165) is 37.9 Å². The third-order valence-corrected chi connectivity index (χ3v) is 6.17. The predicted octanol–water partition coefficient (Wildman–Crippen LogP) is 3.79. The molecule has 1 aliphatic heterocycles. The number of rotatable bonds is 9. The summed E-state index contributed by atoms with van der Waals surface area (Å²) < 4.78 is 17.2. The van der Waals surface area contributed by atoms with E-state index >= 15 is 0 Å². The maximum absolute atomic E-state index is 10.5. The third-order valence-electron chi connectivity index (χ3n) is 6.17. The number of aliphatic hydroxyl groups is 1. The van der Waals surface area contributed by atoms with Crippen LogP contribution >= 0.6 is 0 Å². The molecule has 178 valence electrons. The summed E-state index contributed by atoms with van der Waals surface area (Å²) in [7, 11) is 0. The molecular formula is C26H30N4O4. The number of likely N-dealkylation sites (tertiary alicyclic amines) is 1. The Morgan fingerprint density at radius 2 is 1.91 bits per heavy atom. The number of ether oxygens (including phenoxy) is 1. The van der Waals surface area contributed by atoms with Crippen LogP contribution in [-0.4, -0.2) is 58.6 Å². The molecule has 8 nitrogen and oxygen atoms in total. The number of aliphatic hydroxyl groups excluding tert-OH is 1. The minimum atomic E-state index is -0.609. The molecule has 0 radical (unpaired) electrons. The van der Waals surface area contributed by atoms with Gasteiger partial charge in [-0.3, -0.25) is 4.90 Å². The Morgan fingerprint density at radius 3 is 2.68 bits per heavy atom. The summed E-state index contributed by atoms with van der Waals surface area (Å²) in [6.07, 6.45) is 1.54. The van der Waals surface area contributed by atoms with Gasteiger partial charge in [-0.05, 0) is 43.6 Å². The SMILES string of the molecule is Cc1nnc(-c2cc3c(OCC(O)CNC4CCN(Cc5ccccc5)CC4)cccc3o2)o1. The van der Waals surface area contributed by atoms with E-state index in [0.29, 0.717) is 41.5 Å². The highest BCUT2D eigenvalue weighted by molar-refractivity contribution is 5.87. The lowest BCUT2D eigenvalue weighted by molar-refractivity contribution is 0.0986. The Bertz CT molecular complexity index is 1200. The molecule has 3 heterocycles. The first-order valence-corrected chi connectivity index (χ1v) is 11.8. The molecule has 5 rings (SSSR count). The van der Waals surface area contributed by atoms with Crippen LogP contribution in [0.1, 0.15) is 24.3 Å². The van der Waals surface area contributed by atoms with Gasteiger partial charge in [0.25, 0.3) is 5.89 Å². The second-order valence-electron chi connectivity index (χ2n) is 8.81. The van der Waals surface area contributed by atoms with Crippen LogP contribution in [0, 0.1) is 6.92 Å². The van der Waals surface area contributed by atoms with E-state index in [2.05, 4.69) is 50.7 Å². The highest BCUT2D eigenvalue weighted by Crippen LogP contribution is 2.33. The van der Waals surface area contributed by atoms with Gasteiger partial charge in [-0.15, -0.1) is 10.2 Å². The van der Waals surface area contributed by atoms with Crippen LogP contribution in [0.4, 0.5) is 0 Å². The lowest BCUT2D eigenvalue weighted by Crippen LogP contribution is -2.45. The van der Waals surface area contributed by atoms with E-state index in [1.807, 2.05) is 24.3 Å². The van der Waals surface area contributed by atoms with Crippen molar-refractivity contribution in [2.75, 3.05) is 26.2 Å². The summed E-state index contributed by atoms with van der Waals surface area (Å²) >= 11 is 0. The standard InChI is InChI=1S/C26H30N4O4/c1-18-28-29-26(33-18)25-14-22-23(8-5-9-24(22)34-25)32-17-21(31)15-27-20-10-12-30(13-11-20)16-19-6-3-2-4-7-19/h2-9,14,20-21,27,31H,10-13,15-17H2,1H3. The Balaban J connectivity index is 1.09. The van der Waals surface area contributed by atoms with Crippen molar-refractivity contribution in [3.63, 3.8) is 0 Å². The largest absolute Gasteiger partial charge is 0.490 e. The molecule has 0 bridgehead atoms. The van der Waals surface area contributed by atoms with Crippen LogP contribution in [-0.2, 0) is 6.54 Å². The smallest absolute Gasteiger partial charge is 0.283 e. The number of aryl methyl sites for hydroxylation is 1. The van der Waals surface area contributed by atoms with Crippen molar-refractivity contribution in [1.29, 1.82) is 0 Å². The van der Waals surface area contributed by atoms with Crippen molar-refractivity contribution in [2.45, 2.75) is 38.5 Å². The Morgan fingerprint density at radius 1 is 1.09 bits per heavy atom. The number of nitrogens with zero attached hydrogens (tertiary/aromatic N) is 3. The molecule has 2 aromatic carbocycles. The quantitative estimate of drug-likeness (QED) is 0.388.